The van der Waals surface area contributed by atoms with Gasteiger partial charge in [0.2, 0.25) is 5.91 Å². The van der Waals surface area contributed by atoms with Gasteiger partial charge in [0.15, 0.2) is 0 Å². The number of nitrogens with two attached hydrogens (primary N) is 1. The van der Waals surface area contributed by atoms with Crippen molar-refractivity contribution in [3.8, 4) is 11.3 Å². The fourth-order valence-corrected chi connectivity index (χ4v) is 2.91. The van der Waals surface area contributed by atoms with E-state index in [1.54, 1.807) is 11.3 Å². The SMILES string of the molecule is Cc1sc(C(C)NC(=O)CN)nc1-c1ccc(Cl)cc1.Cl. The number of nitrogens with one attached hydrogen (secondary N) is 1. The number of benzene rings is 1. The van der Waals surface area contributed by atoms with Crippen LogP contribution in [-0.2, 0) is 4.79 Å². The van der Waals surface area contributed by atoms with Gasteiger partial charge in [0.1, 0.15) is 5.01 Å². The number of carbonyl (C=O) groups excluding carboxylic acids is 1. The Kier molecular flexibility index (Phi) is 6.61. The van der Waals surface area contributed by atoms with Crippen molar-refractivity contribution in [2.75, 3.05) is 6.54 Å². The molecule has 2 rings (SSSR count). The summed E-state index contributed by atoms with van der Waals surface area (Å²) in [6.07, 6.45) is 0. The van der Waals surface area contributed by atoms with Crippen molar-refractivity contribution in [2.24, 2.45) is 5.73 Å². The van der Waals surface area contributed by atoms with E-state index >= 15 is 0 Å². The van der Waals surface area contributed by atoms with Gasteiger partial charge in [0, 0.05) is 15.5 Å². The van der Waals surface area contributed by atoms with Crippen molar-refractivity contribution >= 4 is 41.3 Å². The summed E-state index contributed by atoms with van der Waals surface area (Å²) < 4.78 is 0. The zero-order valence-electron chi connectivity index (χ0n) is 11.7. The summed E-state index contributed by atoms with van der Waals surface area (Å²) in [4.78, 5) is 17.0. The predicted molar refractivity (Wildman–Crippen MR) is 90.2 cm³/mol. The topological polar surface area (TPSA) is 68.0 Å². The van der Waals surface area contributed by atoms with Gasteiger partial charge in [-0.25, -0.2) is 4.98 Å². The minimum atomic E-state index is -0.182. The molecule has 1 amide bonds. The summed E-state index contributed by atoms with van der Waals surface area (Å²) in [5.41, 5.74) is 7.24. The Morgan fingerprint density at radius 3 is 2.62 bits per heavy atom. The maximum absolute atomic E-state index is 11.3. The van der Waals surface area contributed by atoms with Crippen LogP contribution in [0.5, 0.6) is 0 Å². The number of hydrogen-bond donors (Lipinski definition) is 2. The van der Waals surface area contributed by atoms with Crippen LogP contribution in [0.1, 0.15) is 22.9 Å². The molecule has 0 aliphatic rings. The Morgan fingerprint density at radius 1 is 1.43 bits per heavy atom. The Hall–Kier alpha value is -1.14. The number of hydrogen-bond acceptors (Lipinski definition) is 4. The number of thiazole rings is 1. The lowest BCUT2D eigenvalue weighted by Gasteiger charge is -2.09. The van der Waals surface area contributed by atoms with Crippen molar-refractivity contribution < 1.29 is 4.79 Å². The van der Waals surface area contributed by atoms with Crippen LogP contribution in [0.15, 0.2) is 24.3 Å². The molecule has 1 atom stereocenters. The number of nitrogens with zero attached hydrogens (tertiary/aromatic N) is 1. The number of halogens is 2. The number of rotatable bonds is 4. The maximum atomic E-state index is 11.3. The minimum Gasteiger partial charge on any atom is -0.346 e. The first kappa shape index (κ1) is 17.9. The van der Waals surface area contributed by atoms with Gasteiger partial charge in [-0.05, 0) is 26.0 Å². The van der Waals surface area contributed by atoms with Crippen LogP contribution in [0, 0.1) is 6.92 Å². The Morgan fingerprint density at radius 2 is 2.05 bits per heavy atom. The third-order valence-corrected chi connectivity index (χ3v) is 4.27. The van der Waals surface area contributed by atoms with Gasteiger partial charge in [-0.15, -0.1) is 23.7 Å². The van der Waals surface area contributed by atoms with Crippen LogP contribution in [0.3, 0.4) is 0 Å². The van der Waals surface area contributed by atoms with Crippen LogP contribution < -0.4 is 11.1 Å². The molecule has 4 nitrogen and oxygen atoms in total. The van der Waals surface area contributed by atoms with Gasteiger partial charge < -0.3 is 11.1 Å². The van der Waals surface area contributed by atoms with Crippen LogP contribution in [-0.4, -0.2) is 17.4 Å². The van der Waals surface area contributed by atoms with Crippen LogP contribution >= 0.6 is 35.3 Å². The number of amides is 1. The molecule has 2 aromatic rings. The van der Waals surface area contributed by atoms with Gasteiger partial charge in [0.25, 0.3) is 0 Å². The van der Waals surface area contributed by atoms with Crippen molar-refractivity contribution in [3.63, 3.8) is 0 Å². The number of carbonyl (C=O) groups is 1. The maximum Gasteiger partial charge on any atom is 0.234 e. The van der Waals surface area contributed by atoms with Crippen LogP contribution in [0.2, 0.25) is 5.02 Å². The molecule has 114 valence electrons. The molecule has 3 N–H and O–H groups in total. The third kappa shape index (κ3) is 4.41. The van der Waals surface area contributed by atoms with E-state index in [0.29, 0.717) is 5.02 Å². The molecule has 0 aliphatic heterocycles. The second-order valence-corrected chi connectivity index (χ2v) is 6.13. The lowest BCUT2D eigenvalue weighted by molar-refractivity contribution is -0.120. The summed E-state index contributed by atoms with van der Waals surface area (Å²) in [5.74, 6) is -0.182. The average Bonchev–Trinajstić information content (AvgIpc) is 2.81. The smallest absolute Gasteiger partial charge is 0.234 e. The summed E-state index contributed by atoms with van der Waals surface area (Å²) in [5, 5.41) is 4.38. The average molecular weight is 346 g/mol. The first-order chi connectivity index (χ1) is 9.51. The molecule has 0 spiro atoms. The molecule has 1 aromatic carbocycles. The zero-order chi connectivity index (χ0) is 14.7. The summed E-state index contributed by atoms with van der Waals surface area (Å²) in [7, 11) is 0. The first-order valence-electron chi connectivity index (χ1n) is 6.24. The molecule has 0 saturated heterocycles. The van der Waals surface area contributed by atoms with Gasteiger partial charge in [-0.1, -0.05) is 23.7 Å². The van der Waals surface area contributed by atoms with Crippen molar-refractivity contribution in [2.45, 2.75) is 19.9 Å². The number of aromatic nitrogens is 1. The number of aryl methyl sites for hydroxylation is 1. The van der Waals surface area contributed by atoms with E-state index in [1.165, 1.54) is 0 Å². The standard InChI is InChI=1S/C14H16ClN3OS.ClH/c1-8(17-12(19)7-16)14-18-13(9(2)20-14)10-3-5-11(15)6-4-10;/h3-6,8H,7,16H2,1-2H3,(H,17,19);1H. The molecule has 1 unspecified atom stereocenters. The highest BCUT2D eigenvalue weighted by Gasteiger charge is 2.16. The summed E-state index contributed by atoms with van der Waals surface area (Å²) >= 11 is 7.47. The Balaban J connectivity index is 0.00000220. The van der Waals surface area contributed by atoms with E-state index in [9.17, 15) is 4.79 Å². The van der Waals surface area contributed by atoms with Gasteiger partial charge in [-0.2, -0.15) is 0 Å². The third-order valence-electron chi connectivity index (χ3n) is 2.86. The highest BCUT2D eigenvalue weighted by molar-refractivity contribution is 7.12. The first-order valence-corrected chi connectivity index (χ1v) is 7.43. The van der Waals surface area contributed by atoms with Crippen LogP contribution in [0.25, 0.3) is 11.3 Å². The predicted octanol–water partition coefficient (Wildman–Crippen LogP) is 3.33. The van der Waals surface area contributed by atoms with E-state index in [4.69, 9.17) is 17.3 Å². The van der Waals surface area contributed by atoms with E-state index in [2.05, 4.69) is 10.3 Å². The van der Waals surface area contributed by atoms with Crippen molar-refractivity contribution in [1.29, 1.82) is 0 Å². The van der Waals surface area contributed by atoms with Crippen LogP contribution in [0.4, 0.5) is 0 Å². The molecule has 0 fully saturated rings. The molecule has 0 radical (unpaired) electrons. The fraction of sp³-hybridized carbons (Fsp3) is 0.286. The quantitative estimate of drug-likeness (QED) is 0.892. The highest BCUT2D eigenvalue weighted by atomic mass is 35.5. The zero-order valence-corrected chi connectivity index (χ0v) is 14.1. The Labute approximate surface area is 139 Å². The largest absolute Gasteiger partial charge is 0.346 e. The van der Waals surface area contributed by atoms with E-state index in [1.807, 2.05) is 38.1 Å². The van der Waals surface area contributed by atoms with Gasteiger partial charge in [-0.3, -0.25) is 4.79 Å². The van der Waals surface area contributed by atoms with Gasteiger partial charge in [0.05, 0.1) is 18.3 Å². The highest BCUT2D eigenvalue weighted by Crippen LogP contribution is 2.30. The monoisotopic (exact) mass is 345 g/mol. The molecule has 0 bridgehead atoms. The molecule has 1 aromatic heterocycles. The molecule has 21 heavy (non-hydrogen) atoms. The molecule has 0 aliphatic carbocycles. The normalized spacial score (nSPS) is 11.6. The second kappa shape index (κ2) is 7.75. The molecule has 1 heterocycles. The minimum absolute atomic E-state index is 0. The fourth-order valence-electron chi connectivity index (χ4n) is 1.84. The van der Waals surface area contributed by atoms with E-state index in [-0.39, 0.29) is 30.9 Å². The lowest BCUT2D eigenvalue weighted by atomic mass is 10.1. The van der Waals surface area contributed by atoms with Crippen molar-refractivity contribution in [1.82, 2.24) is 10.3 Å². The van der Waals surface area contributed by atoms with Gasteiger partial charge >= 0.3 is 0 Å². The molecular formula is C14H17Cl2N3OS. The van der Waals surface area contributed by atoms with Crippen molar-refractivity contribution in [3.05, 3.63) is 39.2 Å². The second-order valence-electron chi connectivity index (χ2n) is 4.46. The summed E-state index contributed by atoms with van der Waals surface area (Å²) in [6.45, 7) is 3.90. The molecule has 0 saturated carbocycles. The summed E-state index contributed by atoms with van der Waals surface area (Å²) in [6, 6.07) is 7.43. The van der Waals surface area contributed by atoms with E-state index < -0.39 is 0 Å². The Bertz CT molecular complexity index is 613. The molecule has 7 heteroatoms. The van der Waals surface area contributed by atoms with E-state index in [0.717, 1.165) is 21.1 Å². The lowest BCUT2D eigenvalue weighted by Crippen LogP contribution is -2.32. The molecular weight excluding hydrogens is 329 g/mol.